The normalized spacial score (nSPS) is 11.7. The summed E-state index contributed by atoms with van der Waals surface area (Å²) < 4.78 is 15.9. The summed E-state index contributed by atoms with van der Waals surface area (Å²) in [6, 6.07) is 11.2. The predicted molar refractivity (Wildman–Crippen MR) is 101 cm³/mol. The number of hydrogen-bond donors (Lipinski definition) is 1. The lowest BCUT2D eigenvalue weighted by Gasteiger charge is -2.18. The van der Waals surface area contributed by atoms with Crippen LogP contribution in [-0.4, -0.2) is 43.6 Å². The third-order valence-electron chi connectivity index (χ3n) is 4.07. The van der Waals surface area contributed by atoms with Crippen molar-refractivity contribution in [3.05, 3.63) is 53.6 Å². The molecule has 0 saturated heterocycles. The van der Waals surface area contributed by atoms with Crippen molar-refractivity contribution >= 4 is 11.6 Å². The van der Waals surface area contributed by atoms with Crippen LogP contribution in [0.3, 0.4) is 0 Å². The van der Waals surface area contributed by atoms with Gasteiger partial charge in [0.15, 0.2) is 11.9 Å². The second kappa shape index (κ2) is 9.73. The van der Waals surface area contributed by atoms with Crippen LogP contribution in [0.1, 0.15) is 40.5 Å². The van der Waals surface area contributed by atoms with Crippen molar-refractivity contribution in [3.63, 3.8) is 0 Å². The summed E-state index contributed by atoms with van der Waals surface area (Å²) in [4.78, 5) is 26.0. The van der Waals surface area contributed by atoms with Crippen LogP contribution in [0.25, 0.3) is 0 Å². The number of carbonyl (C=O) groups is 2. The molecule has 2 aromatic rings. The predicted octanol–water partition coefficient (Wildman–Crippen LogP) is 3.66. The highest BCUT2D eigenvalue weighted by Gasteiger charge is 2.33. The van der Waals surface area contributed by atoms with Gasteiger partial charge in [0.05, 0.1) is 14.2 Å². The third kappa shape index (κ3) is 4.86. The number of phenolic OH excluding ortho intramolecular Hbond substituents is 1. The van der Waals surface area contributed by atoms with Crippen molar-refractivity contribution in [2.24, 2.45) is 0 Å². The minimum Gasteiger partial charge on any atom is -0.507 e. The maximum Gasteiger partial charge on any atom is 0.207 e. The van der Waals surface area contributed by atoms with Gasteiger partial charge in [0.2, 0.25) is 5.78 Å². The molecule has 0 aliphatic rings. The van der Waals surface area contributed by atoms with Gasteiger partial charge in [-0.05, 0) is 6.42 Å². The van der Waals surface area contributed by atoms with E-state index in [0.29, 0.717) is 17.7 Å². The molecule has 144 valence electrons. The van der Waals surface area contributed by atoms with E-state index in [1.165, 1.54) is 26.4 Å². The molecule has 0 radical (unpaired) electrons. The number of methoxy groups -OCH3 is 2. The van der Waals surface area contributed by atoms with Gasteiger partial charge in [-0.25, -0.2) is 0 Å². The van der Waals surface area contributed by atoms with E-state index in [-0.39, 0.29) is 23.7 Å². The summed E-state index contributed by atoms with van der Waals surface area (Å²) in [5, 5.41) is 10.3. The molecular formula is C21H24O6. The number of ether oxygens (including phenoxy) is 3. The number of ketones is 2. The van der Waals surface area contributed by atoms with E-state index >= 15 is 0 Å². The van der Waals surface area contributed by atoms with Crippen LogP contribution in [0.15, 0.2) is 42.5 Å². The molecule has 0 bridgehead atoms. The molecule has 0 saturated carbocycles. The number of carbonyl (C=O) groups excluding carboxylic acids is 2. The summed E-state index contributed by atoms with van der Waals surface area (Å²) in [5.41, 5.74) is 0.253. The molecule has 27 heavy (non-hydrogen) atoms. The number of benzene rings is 2. The fraction of sp³-hybridized carbons (Fsp3) is 0.333. The Hall–Kier alpha value is -2.86. The molecule has 2 aromatic carbocycles. The Labute approximate surface area is 158 Å². The first-order chi connectivity index (χ1) is 13.0. The largest absolute Gasteiger partial charge is 0.507 e. The Bertz CT molecular complexity index is 785. The van der Waals surface area contributed by atoms with Crippen LogP contribution in [-0.2, 0) is 4.74 Å². The lowest BCUT2D eigenvalue weighted by molar-refractivity contribution is 0.0358. The molecule has 6 nitrogen and oxygen atoms in total. The van der Waals surface area contributed by atoms with Gasteiger partial charge >= 0.3 is 0 Å². The molecule has 1 N–H and O–H groups in total. The fourth-order valence-corrected chi connectivity index (χ4v) is 2.60. The van der Waals surface area contributed by atoms with E-state index in [1.807, 2.05) is 6.92 Å². The van der Waals surface area contributed by atoms with E-state index < -0.39 is 17.7 Å². The molecule has 1 unspecified atom stereocenters. The molecule has 0 amide bonds. The van der Waals surface area contributed by atoms with Gasteiger partial charge in [0, 0.05) is 24.3 Å². The van der Waals surface area contributed by atoms with Gasteiger partial charge in [0.25, 0.3) is 0 Å². The first-order valence-corrected chi connectivity index (χ1v) is 8.73. The van der Waals surface area contributed by atoms with Crippen LogP contribution >= 0.6 is 0 Å². The van der Waals surface area contributed by atoms with Gasteiger partial charge in [-0.1, -0.05) is 43.7 Å². The smallest absolute Gasteiger partial charge is 0.207 e. The molecule has 1 atom stereocenters. The summed E-state index contributed by atoms with van der Waals surface area (Å²) in [5.74, 6) is -1.01. The van der Waals surface area contributed by atoms with Crippen LogP contribution in [0.5, 0.6) is 17.2 Å². The first-order valence-electron chi connectivity index (χ1n) is 8.73. The number of Topliss-reactive ketones (excluding diaryl/α,β-unsaturated/α-hetero) is 2. The SMILES string of the molecule is CCCCOC(C(=O)c1ccccc1)C(=O)c1c(O)cc(OC)cc1OC. The quantitative estimate of drug-likeness (QED) is 0.389. The standard InChI is InChI=1S/C21H24O6/c1-4-5-11-27-21(19(23)14-9-7-6-8-10-14)20(24)18-16(22)12-15(25-2)13-17(18)26-3/h6-10,12-13,21-22H,4-5,11H2,1-3H3. The second-order valence-electron chi connectivity index (χ2n) is 5.92. The Morgan fingerprint density at radius 3 is 2.33 bits per heavy atom. The lowest BCUT2D eigenvalue weighted by atomic mass is 9.97. The fourth-order valence-electron chi connectivity index (χ4n) is 2.60. The van der Waals surface area contributed by atoms with Crippen molar-refractivity contribution in [2.75, 3.05) is 20.8 Å². The highest BCUT2D eigenvalue weighted by atomic mass is 16.5. The summed E-state index contributed by atoms with van der Waals surface area (Å²) >= 11 is 0. The van der Waals surface area contributed by atoms with Gasteiger partial charge in [0.1, 0.15) is 22.8 Å². The first kappa shape index (κ1) is 20.5. The molecule has 6 heteroatoms. The Morgan fingerprint density at radius 1 is 1.04 bits per heavy atom. The maximum absolute atomic E-state index is 13.1. The molecule has 2 rings (SSSR count). The number of unbranched alkanes of at least 4 members (excludes halogenated alkanes) is 1. The highest BCUT2D eigenvalue weighted by molar-refractivity contribution is 6.20. The van der Waals surface area contributed by atoms with Crippen molar-refractivity contribution in [1.29, 1.82) is 0 Å². The van der Waals surface area contributed by atoms with Crippen molar-refractivity contribution in [2.45, 2.75) is 25.9 Å². The zero-order valence-electron chi connectivity index (χ0n) is 15.7. The van der Waals surface area contributed by atoms with E-state index in [2.05, 4.69) is 0 Å². The molecule has 0 aliphatic heterocycles. The Balaban J connectivity index is 2.43. The van der Waals surface area contributed by atoms with E-state index in [0.717, 1.165) is 6.42 Å². The summed E-state index contributed by atoms with van der Waals surface area (Å²) in [6.07, 6.45) is 0.196. The molecular weight excluding hydrogens is 348 g/mol. The van der Waals surface area contributed by atoms with Crippen LogP contribution in [0.2, 0.25) is 0 Å². The van der Waals surface area contributed by atoms with Gasteiger partial charge in [-0.2, -0.15) is 0 Å². The van der Waals surface area contributed by atoms with Crippen molar-refractivity contribution < 1.29 is 28.9 Å². The molecule has 0 spiro atoms. The van der Waals surface area contributed by atoms with Crippen molar-refractivity contribution in [1.82, 2.24) is 0 Å². The topological polar surface area (TPSA) is 82.1 Å². The zero-order valence-corrected chi connectivity index (χ0v) is 15.7. The second-order valence-corrected chi connectivity index (χ2v) is 5.92. The van der Waals surface area contributed by atoms with E-state index in [1.54, 1.807) is 30.3 Å². The van der Waals surface area contributed by atoms with E-state index in [4.69, 9.17) is 14.2 Å². The van der Waals surface area contributed by atoms with Crippen LogP contribution in [0, 0.1) is 0 Å². The van der Waals surface area contributed by atoms with Crippen LogP contribution < -0.4 is 9.47 Å². The number of aromatic hydroxyl groups is 1. The third-order valence-corrected chi connectivity index (χ3v) is 4.07. The highest BCUT2D eigenvalue weighted by Crippen LogP contribution is 2.35. The molecule has 0 heterocycles. The summed E-state index contributed by atoms with van der Waals surface area (Å²) in [7, 11) is 2.81. The minimum atomic E-state index is -1.37. The Kier molecular flexibility index (Phi) is 7.37. The van der Waals surface area contributed by atoms with E-state index in [9.17, 15) is 14.7 Å². The Morgan fingerprint density at radius 2 is 1.74 bits per heavy atom. The monoisotopic (exact) mass is 372 g/mol. The maximum atomic E-state index is 13.1. The van der Waals surface area contributed by atoms with Crippen LogP contribution in [0.4, 0.5) is 0 Å². The zero-order chi connectivity index (χ0) is 19.8. The minimum absolute atomic E-state index is 0.107. The number of phenols is 1. The average molecular weight is 372 g/mol. The van der Waals surface area contributed by atoms with Gasteiger partial charge in [-0.15, -0.1) is 0 Å². The van der Waals surface area contributed by atoms with Gasteiger partial charge < -0.3 is 19.3 Å². The molecule has 0 fully saturated rings. The lowest BCUT2D eigenvalue weighted by Crippen LogP contribution is -2.34. The average Bonchev–Trinajstić information content (AvgIpc) is 2.70. The molecule has 0 aliphatic carbocycles. The van der Waals surface area contributed by atoms with Crippen molar-refractivity contribution in [3.8, 4) is 17.2 Å². The van der Waals surface area contributed by atoms with Gasteiger partial charge in [-0.3, -0.25) is 9.59 Å². The molecule has 0 aromatic heterocycles. The number of hydrogen-bond acceptors (Lipinski definition) is 6. The number of rotatable bonds is 10. The summed E-state index contributed by atoms with van der Waals surface area (Å²) in [6.45, 7) is 2.24.